The number of halogens is 1. The first-order chi connectivity index (χ1) is 8.00. The second-order valence-corrected chi connectivity index (χ2v) is 5.70. The predicted octanol–water partition coefficient (Wildman–Crippen LogP) is 2.32. The van der Waals surface area contributed by atoms with Crippen molar-refractivity contribution in [3.63, 3.8) is 0 Å². The van der Waals surface area contributed by atoms with Gasteiger partial charge in [-0.25, -0.2) is 0 Å². The highest BCUT2D eigenvalue weighted by Gasteiger charge is 2.29. The number of hydrogen-bond acceptors (Lipinski definition) is 2. The van der Waals surface area contributed by atoms with E-state index in [1.54, 1.807) is 0 Å². The zero-order chi connectivity index (χ0) is 12.6. The van der Waals surface area contributed by atoms with E-state index in [0.717, 1.165) is 23.1 Å². The Bertz CT molecular complexity index is 445. The van der Waals surface area contributed by atoms with E-state index in [4.69, 9.17) is 5.73 Å². The minimum atomic E-state index is -0.417. The number of hydrogen-bond donors (Lipinski definition) is 1. The molecule has 0 fully saturated rings. The minimum Gasteiger partial charge on any atom is -0.320 e. The van der Waals surface area contributed by atoms with Crippen molar-refractivity contribution in [2.24, 2.45) is 11.7 Å². The van der Waals surface area contributed by atoms with Gasteiger partial charge in [-0.3, -0.25) is 4.79 Å². The number of nitrogens with two attached hydrogens (primary N) is 1. The molecule has 17 heavy (non-hydrogen) atoms. The number of nitrogens with zero attached hydrogens (tertiary/aromatic N) is 1. The second kappa shape index (κ2) is 4.78. The number of benzene rings is 1. The Kier molecular flexibility index (Phi) is 3.54. The van der Waals surface area contributed by atoms with Gasteiger partial charge in [0.05, 0.1) is 6.04 Å². The van der Waals surface area contributed by atoms with Gasteiger partial charge in [0, 0.05) is 16.7 Å². The Balaban J connectivity index is 2.27. The summed E-state index contributed by atoms with van der Waals surface area (Å²) >= 11 is 3.44. The number of anilines is 1. The molecule has 1 aliphatic rings. The molecule has 0 aromatic heterocycles. The van der Waals surface area contributed by atoms with E-state index in [-0.39, 0.29) is 11.8 Å². The lowest BCUT2D eigenvalue weighted by atomic mass is 10.0. The van der Waals surface area contributed by atoms with E-state index < -0.39 is 6.04 Å². The first-order valence-corrected chi connectivity index (χ1v) is 6.65. The molecule has 1 heterocycles. The molecule has 0 saturated heterocycles. The molecule has 92 valence electrons. The van der Waals surface area contributed by atoms with Gasteiger partial charge in [0.2, 0.25) is 5.91 Å². The fourth-order valence-corrected chi connectivity index (χ4v) is 2.40. The quantitative estimate of drug-likeness (QED) is 0.910. The molecule has 1 aromatic rings. The molecule has 2 N–H and O–H groups in total. The highest BCUT2D eigenvalue weighted by atomic mass is 79.9. The van der Waals surface area contributed by atoms with Gasteiger partial charge in [-0.2, -0.15) is 0 Å². The molecular formula is C13H17BrN2O. The van der Waals surface area contributed by atoms with Crippen molar-refractivity contribution in [3.05, 3.63) is 28.2 Å². The molecule has 0 bridgehead atoms. The summed E-state index contributed by atoms with van der Waals surface area (Å²) in [4.78, 5) is 14.1. The Morgan fingerprint density at radius 1 is 1.47 bits per heavy atom. The maximum atomic E-state index is 12.2. The number of fused-ring (bicyclic) bond motifs is 1. The van der Waals surface area contributed by atoms with Gasteiger partial charge in [0.25, 0.3) is 0 Å². The van der Waals surface area contributed by atoms with Gasteiger partial charge in [-0.05, 0) is 30.0 Å². The van der Waals surface area contributed by atoms with E-state index in [1.165, 1.54) is 5.56 Å². The van der Waals surface area contributed by atoms with Crippen molar-refractivity contribution in [3.8, 4) is 0 Å². The van der Waals surface area contributed by atoms with Gasteiger partial charge in [-0.1, -0.05) is 35.8 Å². The lowest BCUT2D eigenvalue weighted by Crippen LogP contribution is -2.46. The van der Waals surface area contributed by atoms with E-state index in [1.807, 2.05) is 30.9 Å². The van der Waals surface area contributed by atoms with Crippen molar-refractivity contribution in [2.75, 3.05) is 11.4 Å². The SMILES string of the molecule is CC(C)[C@H](N)C(=O)N1CCc2ccc(Br)cc21. The topological polar surface area (TPSA) is 46.3 Å². The van der Waals surface area contributed by atoms with E-state index in [9.17, 15) is 4.79 Å². The molecule has 1 amide bonds. The zero-order valence-corrected chi connectivity index (χ0v) is 11.7. The molecule has 0 spiro atoms. The van der Waals surface area contributed by atoms with Crippen LogP contribution in [0.15, 0.2) is 22.7 Å². The minimum absolute atomic E-state index is 0.0249. The van der Waals surface area contributed by atoms with Gasteiger partial charge in [0.15, 0.2) is 0 Å². The summed E-state index contributed by atoms with van der Waals surface area (Å²) < 4.78 is 0.995. The third kappa shape index (κ3) is 2.38. The fourth-order valence-electron chi connectivity index (χ4n) is 2.05. The Labute approximate surface area is 110 Å². The molecule has 1 aromatic carbocycles. The molecule has 1 aliphatic heterocycles. The van der Waals surface area contributed by atoms with Crippen LogP contribution < -0.4 is 10.6 Å². The van der Waals surface area contributed by atoms with Crippen molar-refractivity contribution in [1.29, 1.82) is 0 Å². The van der Waals surface area contributed by atoms with Crippen LogP contribution in [0.25, 0.3) is 0 Å². The highest BCUT2D eigenvalue weighted by molar-refractivity contribution is 9.10. The molecule has 0 unspecified atom stereocenters. The molecule has 3 nitrogen and oxygen atoms in total. The second-order valence-electron chi connectivity index (χ2n) is 4.78. The lowest BCUT2D eigenvalue weighted by Gasteiger charge is -2.23. The van der Waals surface area contributed by atoms with Gasteiger partial charge >= 0.3 is 0 Å². The molecule has 4 heteroatoms. The largest absolute Gasteiger partial charge is 0.320 e. The van der Waals surface area contributed by atoms with Crippen LogP contribution in [0.3, 0.4) is 0 Å². The Morgan fingerprint density at radius 3 is 2.82 bits per heavy atom. The molecule has 0 radical (unpaired) electrons. The summed E-state index contributed by atoms with van der Waals surface area (Å²) in [5.74, 6) is 0.190. The maximum Gasteiger partial charge on any atom is 0.244 e. The van der Waals surface area contributed by atoms with Crippen LogP contribution in [-0.4, -0.2) is 18.5 Å². The fraction of sp³-hybridized carbons (Fsp3) is 0.462. The molecule has 2 rings (SSSR count). The van der Waals surface area contributed by atoms with Crippen molar-refractivity contribution < 1.29 is 4.79 Å². The lowest BCUT2D eigenvalue weighted by molar-refractivity contribution is -0.120. The molecule has 0 saturated carbocycles. The van der Waals surface area contributed by atoms with Gasteiger partial charge in [-0.15, -0.1) is 0 Å². The molecule has 0 aliphatic carbocycles. The van der Waals surface area contributed by atoms with Crippen LogP contribution in [0.1, 0.15) is 19.4 Å². The van der Waals surface area contributed by atoms with Gasteiger partial charge in [0.1, 0.15) is 0 Å². The summed E-state index contributed by atoms with van der Waals surface area (Å²) in [5.41, 5.74) is 8.15. The molecular weight excluding hydrogens is 280 g/mol. The zero-order valence-electron chi connectivity index (χ0n) is 10.1. The van der Waals surface area contributed by atoms with Crippen LogP contribution in [0.2, 0.25) is 0 Å². The van der Waals surface area contributed by atoms with Crippen LogP contribution in [0, 0.1) is 5.92 Å². The average Bonchev–Trinajstić information content (AvgIpc) is 2.69. The van der Waals surface area contributed by atoms with E-state index >= 15 is 0 Å². The summed E-state index contributed by atoms with van der Waals surface area (Å²) in [6.07, 6.45) is 0.916. The third-order valence-corrected chi connectivity index (χ3v) is 3.71. The van der Waals surface area contributed by atoms with E-state index in [2.05, 4.69) is 22.0 Å². The molecule has 1 atom stereocenters. The Hall–Kier alpha value is -0.870. The summed E-state index contributed by atoms with van der Waals surface area (Å²) in [7, 11) is 0. The van der Waals surface area contributed by atoms with E-state index in [0.29, 0.717) is 0 Å². The normalized spacial score (nSPS) is 16.2. The van der Waals surface area contributed by atoms with Crippen LogP contribution >= 0.6 is 15.9 Å². The van der Waals surface area contributed by atoms with Crippen LogP contribution in [0.4, 0.5) is 5.69 Å². The predicted molar refractivity (Wildman–Crippen MR) is 73.0 cm³/mol. The third-order valence-electron chi connectivity index (χ3n) is 3.21. The standard InChI is InChI=1S/C13H17BrN2O/c1-8(2)12(15)13(17)16-6-5-9-3-4-10(14)7-11(9)16/h3-4,7-8,12H,5-6,15H2,1-2H3/t12-/m0/s1. The summed E-state index contributed by atoms with van der Waals surface area (Å²) in [6.45, 7) is 4.69. The van der Waals surface area contributed by atoms with Crippen molar-refractivity contribution >= 4 is 27.5 Å². The monoisotopic (exact) mass is 296 g/mol. The van der Waals surface area contributed by atoms with Crippen LogP contribution in [0.5, 0.6) is 0 Å². The number of carbonyl (C=O) groups excluding carboxylic acids is 1. The van der Waals surface area contributed by atoms with Crippen LogP contribution in [-0.2, 0) is 11.2 Å². The first-order valence-electron chi connectivity index (χ1n) is 5.86. The average molecular weight is 297 g/mol. The number of carbonyl (C=O) groups is 1. The smallest absolute Gasteiger partial charge is 0.244 e. The summed E-state index contributed by atoms with van der Waals surface area (Å²) in [6, 6.07) is 5.65. The highest BCUT2D eigenvalue weighted by Crippen LogP contribution is 2.31. The number of rotatable bonds is 2. The first kappa shape index (κ1) is 12.6. The number of amides is 1. The maximum absolute atomic E-state index is 12.2. The Morgan fingerprint density at radius 2 is 2.18 bits per heavy atom. The summed E-state index contributed by atoms with van der Waals surface area (Å²) in [5, 5.41) is 0. The van der Waals surface area contributed by atoms with Gasteiger partial charge < -0.3 is 10.6 Å². The van der Waals surface area contributed by atoms with Crippen molar-refractivity contribution in [1.82, 2.24) is 0 Å². The van der Waals surface area contributed by atoms with Crippen molar-refractivity contribution in [2.45, 2.75) is 26.3 Å².